The van der Waals surface area contributed by atoms with Crippen LogP contribution in [0.1, 0.15) is 71.1 Å². The maximum absolute atomic E-state index is 11.1. The molecule has 1 unspecified atom stereocenters. The SMILES string of the molecule is COC(=O)CC(C)CCCCCCCCCCI. The third-order valence-corrected chi connectivity index (χ3v) is 4.09. The molecule has 0 saturated heterocycles. The Hall–Kier alpha value is 0.200. The van der Waals surface area contributed by atoms with Crippen LogP contribution in [-0.4, -0.2) is 17.5 Å². The highest BCUT2D eigenvalue weighted by atomic mass is 127. The molecule has 0 heterocycles. The molecule has 0 bridgehead atoms. The summed E-state index contributed by atoms with van der Waals surface area (Å²) in [6.45, 7) is 2.14. The minimum atomic E-state index is -0.0715. The predicted molar refractivity (Wildman–Crippen MR) is 86.2 cm³/mol. The van der Waals surface area contributed by atoms with Gasteiger partial charge in [-0.15, -0.1) is 0 Å². The molecule has 0 fully saturated rings. The van der Waals surface area contributed by atoms with Gasteiger partial charge < -0.3 is 4.74 Å². The third-order valence-electron chi connectivity index (χ3n) is 3.32. The molecule has 0 aliphatic rings. The monoisotopic (exact) mass is 368 g/mol. The van der Waals surface area contributed by atoms with Crippen molar-refractivity contribution in [2.75, 3.05) is 11.5 Å². The molecule has 0 N–H and O–H groups in total. The van der Waals surface area contributed by atoms with Gasteiger partial charge in [0.1, 0.15) is 0 Å². The lowest BCUT2D eigenvalue weighted by Gasteiger charge is -2.09. The molecule has 108 valence electrons. The second-order valence-electron chi connectivity index (χ2n) is 5.19. The van der Waals surface area contributed by atoms with Crippen molar-refractivity contribution in [3.63, 3.8) is 0 Å². The Morgan fingerprint density at radius 2 is 1.50 bits per heavy atom. The number of methoxy groups -OCH3 is 1. The lowest BCUT2D eigenvalue weighted by atomic mass is 9.99. The quantitative estimate of drug-likeness (QED) is 0.207. The standard InChI is InChI=1S/C15H29IO2/c1-14(13-15(17)18-2)11-9-7-5-3-4-6-8-10-12-16/h14H,3-13H2,1-2H3. The van der Waals surface area contributed by atoms with E-state index in [9.17, 15) is 4.79 Å². The van der Waals surface area contributed by atoms with E-state index >= 15 is 0 Å². The van der Waals surface area contributed by atoms with Gasteiger partial charge in [-0.25, -0.2) is 0 Å². The summed E-state index contributed by atoms with van der Waals surface area (Å²) in [5.74, 6) is 0.402. The Labute approximate surface area is 126 Å². The topological polar surface area (TPSA) is 26.3 Å². The van der Waals surface area contributed by atoms with Gasteiger partial charge in [0.05, 0.1) is 7.11 Å². The van der Waals surface area contributed by atoms with E-state index in [2.05, 4.69) is 34.3 Å². The van der Waals surface area contributed by atoms with Crippen molar-refractivity contribution >= 4 is 28.6 Å². The van der Waals surface area contributed by atoms with Crippen LogP contribution in [0.3, 0.4) is 0 Å². The molecule has 0 spiro atoms. The molecule has 0 aliphatic heterocycles. The van der Waals surface area contributed by atoms with Crippen molar-refractivity contribution in [1.82, 2.24) is 0 Å². The van der Waals surface area contributed by atoms with Crippen LogP contribution in [0.2, 0.25) is 0 Å². The van der Waals surface area contributed by atoms with E-state index in [4.69, 9.17) is 0 Å². The lowest BCUT2D eigenvalue weighted by molar-refractivity contribution is -0.141. The highest BCUT2D eigenvalue weighted by Gasteiger charge is 2.08. The van der Waals surface area contributed by atoms with Crippen LogP contribution in [0.25, 0.3) is 0 Å². The van der Waals surface area contributed by atoms with Gasteiger partial charge in [0.25, 0.3) is 0 Å². The highest BCUT2D eigenvalue weighted by Crippen LogP contribution is 2.15. The molecule has 0 aliphatic carbocycles. The molecular formula is C15H29IO2. The van der Waals surface area contributed by atoms with E-state index in [0.29, 0.717) is 12.3 Å². The summed E-state index contributed by atoms with van der Waals surface area (Å²) in [5, 5.41) is 0. The molecule has 1 atom stereocenters. The van der Waals surface area contributed by atoms with Gasteiger partial charge in [0.15, 0.2) is 0 Å². The van der Waals surface area contributed by atoms with Gasteiger partial charge >= 0.3 is 5.97 Å². The Balaban J connectivity index is 3.17. The molecule has 2 nitrogen and oxygen atoms in total. The third kappa shape index (κ3) is 12.7. The maximum Gasteiger partial charge on any atom is 0.305 e. The van der Waals surface area contributed by atoms with E-state index in [-0.39, 0.29) is 5.97 Å². The van der Waals surface area contributed by atoms with Gasteiger partial charge in [-0.3, -0.25) is 4.79 Å². The second kappa shape index (κ2) is 13.6. The first kappa shape index (κ1) is 18.2. The molecule has 0 aromatic heterocycles. The van der Waals surface area contributed by atoms with Crippen LogP contribution in [-0.2, 0) is 9.53 Å². The van der Waals surface area contributed by atoms with Crippen molar-refractivity contribution in [2.45, 2.75) is 71.1 Å². The first-order chi connectivity index (χ1) is 8.70. The zero-order valence-electron chi connectivity index (χ0n) is 12.0. The zero-order chi connectivity index (χ0) is 13.6. The highest BCUT2D eigenvalue weighted by molar-refractivity contribution is 14.1. The molecule has 0 saturated carbocycles. The molecule has 0 rings (SSSR count). The number of hydrogen-bond acceptors (Lipinski definition) is 2. The molecular weight excluding hydrogens is 339 g/mol. The van der Waals surface area contributed by atoms with Crippen LogP contribution in [0, 0.1) is 5.92 Å². The van der Waals surface area contributed by atoms with Crippen molar-refractivity contribution in [3.8, 4) is 0 Å². The fourth-order valence-corrected chi connectivity index (χ4v) is 2.66. The number of rotatable bonds is 12. The Kier molecular flexibility index (Phi) is 13.8. The number of carbonyl (C=O) groups excluding carboxylic acids is 1. The molecule has 18 heavy (non-hydrogen) atoms. The number of carbonyl (C=O) groups is 1. The maximum atomic E-state index is 11.1. The van der Waals surface area contributed by atoms with Crippen LogP contribution < -0.4 is 0 Å². The van der Waals surface area contributed by atoms with Crippen LogP contribution in [0.15, 0.2) is 0 Å². The predicted octanol–water partition coefficient (Wildman–Crippen LogP) is 5.13. The van der Waals surface area contributed by atoms with Gasteiger partial charge in [0.2, 0.25) is 0 Å². The minimum absolute atomic E-state index is 0.0715. The van der Waals surface area contributed by atoms with Gasteiger partial charge in [-0.1, -0.05) is 80.9 Å². The zero-order valence-corrected chi connectivity index (χ0v) is 14.2. The van der Waals surface area contributed by atoms with Crippen molar-refractivity contribution < 1.29 is 9.53 Å². The lowest BCUT2D eigenvalue weighted by Crippen LogP contribution is -2.06. The Bertz CT molecular complexity index is 195. The van der Waals surface area contributed by atoms with Crippen molar-refractivity contribution in [3.05, 3.63) is 0 Å². The average Bonchev–Trinajstić information content (AvgIpc) is 2.36. The first-order valence-corrected chi connectivity index (χ1v) is 8.86. The number of ether oxygens (including phenoxy) is 1. The first-order valence-electron chi connectivity index (χ1n) is 7.33. The number of halogens is 1. The van der Waals surface area contributed by atoms with E-state index in [1.165, 1.54) is 62.9 Å². The van der Waals surface area contributed by atoms with Crippen molar-refractivity contribution in [2.24, 2.45) is 5.92 Å². The van der Waals surface area contributed by atoms with Crippen molar-refractivity contribution in [1.29, 1.82) is 0 Å². The number of hydrogen-bond donors (Lipinski definition) is 0. The summed E-state index contributed by atoms with van der Waals surface area (Å²) >= 11 is 2.45. The molecule has 0 aromatic carbocycles. The van der Waals surface area contributed by atoms with Gasteiger partial charge in [0, 0.05) is 6.42 Å². The summed E-state index contributed by atoms with van der Waals surface area (Å²) in [4.78, 5) is 11.1. The summed E-state index contributed by atoms with van der Waals surface area (Å²) in [6.07, 6.45) is 12.6. The Morgan fingerprint density at radius 3 is 2.00 bits per heavy atom. The van der Waals surface area contributed by atoms with E-state index in [0.717, 1.165) is 6.42 Å². The van der Waals surface area contributed by atoms with Gasteiger partial charge in [-0.05, 0) is 16.8 Å². The molecule has 3 heteroatoms. The van der Waals surface area contributed by atoms with Gasteiger partial charge in [-0.2, -0.15) is 0 Å². The van der Waals surface area contributed by atoms with E-state index in [1.807, 2.05) is 0 Å². The fourth-order valence-electron chi connectivity index (χ4n) is 2.12. The van der Waals surface area contributed by atoms with Crippen LogP contribution in [0.4, 0.5) is 0 Å². The molecule has 0 radical (unpaired) electrons. The summed E-state index contributed by atoms with van der Waals surface area (Å²) in [7, 11) is 1.47. The minimum Gasteiger partial charge on any atom is -0.469 e. The number of esters is 1. The number of unbranched alkanes of at least 4 members (excludes halogenated alkanes) is 7. The Morgan fingerprint density at radius 1 is 1.00 bits per heavy atom. The normalized spacial score (nSPS) is 12.4. The van der Waals surface area contributed by atoms with Crippen LogP contribution >= 0.6 is 22.6 Å². The second-order valence-corrected chi connectivity index (χ2v) is 6.27. The fraction of sp³-hybridized carbons (Fsp3) is 0.933. The molecule has 0 amide bonds. The average molecular weight is 368 g/mol. The smallest absolute Gasteiger partial charge is 0.305 e. The van der Waals surface area contributed by atoms with E-state index < -0.39 is 0 Å². The molecule has 0 aromatic rings. The summed E-state index contributed by atoms with van der Waals surface area (Å²) < 4.78 is 5.97. The summed E-state index contributed by atoms with van der Waals surface area (Å²) in [6, 6.07) is 0. The largest absolute Gasteiger partial charge is 0.469 e. The van der Waals surface area contributed by atoms with Crippen LogP contribution in [0.5, 0.6) is 0 Å². The number of alkyl halides is 1. The van der Waals surface area contributed by atoms with E-state index in [1.54, 1.807) is 0 Å². The summed E-state index contributed by atoms with van der Waals surface area (Å²) in [5.41, 5.74) is 0.